The molecule has 2 aromatic heterocycles. The Morgan fingerprint density at radius 1 is 1.11 bits per heavy atom. The van der Waals surface area contributed by atoms with E-state index in [0.717, 1.165) is 29.5 Å². The van der Waals surface area contributed by atoms with E-state index in [-0.39, 0.29) is 22.3 Å². The summed E-state index contributed by atoms with van der Waals surface area (Å²) < 4.78 is 1.66. The fourth-order valence-electron chi connectivity index (χ4n) is 4.20. The maximum absolute atomic E-state index is 13.2. The average molecular weight is 490 g/mol. The molecule has 0 saturated carbocycles. The van der Waals surface area contributed by atoms with Crippen LogP contribution in [0.15, 0.2) is 48.8 Å². The first kappa shape index (κ1) is 24.5. The van der Waals surface area contributed by atoms with Crippen molar-refractivity contribution in [2.45, 2.75) is 40.2 Å². The number of benzene rings is 1. The zero-order chi connectivity index (χ0) is 25.0. The van der Waals surface area contributed by atoms with E-state index in [1.165, 1.54) is 6.20 Å². The van der Waals surface area contributed by atoms with Gasteiger partial charge in [0.25, 0.3) is 5.91 Å². The van der Waals surface area contributed by atoms with Crippen LogP contribution in [0.2, 0.25) is 5.02 Å². The van der Waals surface area contributed by atoms with Crippen molar-refractivity contribution in [1.29, 1.82) is 0 Å². The third kappa shape index (κ3) is 5.90. The van der Waals surface area contributed by atoms with E-state index >= 15 is 0 Å². The Kier molecular flexibility index (Phi) is 7.23. The number of halogens is 1. The van der Waals surface area contributed by atoms with E-state index in [2.05, 4.69) is 34.2 Å². The highest BCUT2D eigenvalue weighted by Gasteiger charge is 2.33. The van der Waals surface area contributed by atoms with Crippen LogP contribution in [0, 0.1) is 24.2 Å². The van der Waals surface area contributed by atoms with E-state index in [1.807, 2.05) is 48.2 Å². The number of anilines is 1. The molecule has 0 aliphatic carbocycles. The van der Waals surface area contributed by atoms with Crippen molar-refractivity contribution in [2.24, 2.45) is 5.41 Å². The van der Waals surface area contributed by atoms with Gasteiger partial charge in [-0.2, -0.15) is 5.10 Å². The highest BCUT2D eigenvalue weighted by Crippen LogP contribution is 2.34. The molecule has 0 atom stereocenters. The molecular formula is C27H28ClN5O2. The summed E-state index contributed by atoms with van der Waals surface area (Å²) in [5.41, 5.74) is 2.69. The standard InChI is InChI=1S/C27H28ClN5O2/c1-19-15-22(10-9-21-7-5-4-6-8-21)16-29-25(19)31-26(35)24-23(28)17-30-33(24)18-27(3)11-13-32(14-12-27)20(2)34/h4-8,15-17H,11-14,18H2,1-3H3,(H,29,31,35). The van der Waals surface area contributed by atoms with Gasteiger partial charge in [0.2, 0.25) is 5.91 Å². The SMILES string of the molecule is CC(=O)N1CCC(C)(Cn2ncc(Cl)c2C(=O)Nc2ncc(C#Cc3ccccc3)cc2C)CC1. The van der Waals surface area contributed by atoms with Crippen molar-refractivity contribution in [3.05, 3.63) is 76.2 Å². The molecule has 1 aliphatic rings. The molecule has 8 heteroatoms. The minimum absolute atomic E-state index is 0.0918. The summed E-state index contributed by atoms with van der Waals surface area (Å²) in [6.45, 7) is 7.56. The lowest BCUT2D eigenvalue weighted by Gasteiger charge is -2.39. The molecule has 0 unspecified atom stereocenters. The van der Waals surface area contributed by atoms with Crippen LogP contribution in [0.25, 0.3) is 0 Å². The minimum atomic E-state index is -0.365. The van der Waals surface area contributed by atoms with E-state index < -0.39 is 0 Å². The number of piperidine rings is 1. The lowest BCUT2D eigenvalue weighted by Crippen LogP contribution is -2.43. The van der Waals surface area contributed by atoms with Gasteiger partial charge >= 0.3 is 0 Å². The summed E-state index contributed by atoms with van der Waals surface area (Å²) in [5, 5.41) is 7.52. The predicted octanol–water partition coefficient (Wildman–Crippen LogP) is 4.54. The third-order valence-corrected chi connectivity index (χ3v) is 6.67. The zero-order valence-electron chi connectivity index (χ0n) is 20.1. The number of aromatic nitrogens is 3. The van der Waals surface area contributed by atoms with Gasteiger partial charge in [0.05, 0.1) is 11.2 Å². The van der Waals surface area contributed by atoms with Gasteiger partial charge < -0.3 is 10.2 Å². The first-order chi connectivity index (χ1) is 16.7. The van der Waals surface area contributed by atoms with Gasteiger partial charge in [-0.3, -0.25) is 14.3 Å². The van der Waals surface area contributed by atoms with Gasteiger partial charge in [0.15, 0.2) is 0 Å². The van der Waals surface area contributed by atoms with Crippen LogP contribution >= 0.6 is 11.6 Å². The Morgan fingerprint density at radius 3 is 2.46 bits per heavy atom. The number of carbonyl (C=O) groups excluding carboxylic acids is 2. The highest BCUT2D eigenvalue weighted by molar-refractivity contribution is 6.34. The molecule has 180 valence electrons. The van der Waals surface area contributed by atoms with Crippen molar-refractivity contribution in [3.8, 4) is 11.8 Å². The number of aryl methyl sites for hydroxylation is 1. The Bertz CT molecular complexity index is 1300. The summed E-state index contributed by atoms with van der Waals surface area (Å²) in [6, 6.07) is 11.6. The number of amides is 2. The monoisotopic (exact) mass is 489 g/mol. The van der Waals surface area contributed by atoms with Crippen molar-refractivity contribution in [2.75, 3.05) is 18.4 Å². The van der Waals surface area contributed by atoms with Crippen LogP contribution < -0.4 is 5.32 Å². The Labute approximate surface area is 210 Å². The molecule has 0 bridgehead atoms. The Hall–Kier alpha value is -3.63. The number of carbonyl (C=O) groups is 2. The molecular weight excluding hydrogens is 462 g/mol. The molecule has 0 spiro atoms. The molecule has 35 heavy (non-hydrogen) atoms. The molecule has 3 aromatic rings. The van der Waals surface area contributed by atoms with Crippen LogP contribution in [0.3, 0.4) is 0 Å². The molecule has 1 aliphatic heterocycles. The number of likely N-dealkylation sites (tertiary alicyclic amines) is 1. The van der Waals surface area contributed by atoms with Crippen molar-refractivity contribution >= 4 is 29.2 Å². The second kappa shape index (κ2) is 10.3. The number of nitrogens with one attached hydrogen (secondary N) is 1. The summed E-state index contributed by atoms with van der Waals surface area (Å²) in [7, 11) is 0. The van der Waals surface area contributed by atoms with Gasteiger partial charge in [0, 0.05) is 43.9 Å². The van der Waals surface area contributed by atoms with Crippen molar-refractivity contribution < 1.29 is 9.59 Å². The lowest BCUT2D eigenvalue weighted by atomic mass is 9.80. The van der Waals surface area contributed by atoms with E-state index in [1.54, 1.807) is 17.8 Å². The Morgan fingerprint density at radius 2 is 1.80 bits per heavy atom. The minimum Gasteiger partial charge on any atom is -0.343 e. The smallest absolute Gasteiger partial charge is 0.276 e. The lowest BCUT2D eigenvalue weighted by molar-refractivity contribution is -0.131. The second-order valence-electron chi connectivity index (χ2n) is 9.28. The molecule has 1 N–H and O–H groups in total. The van der Waals surface area contributed by atoms with Crippen LogP contribution in [-0.2, 0) is 11.3 Å². The van der Waals surface area contributed by atoms with Crippen molar-refractivity contribution in [1.82, 2.24) is 19.7 Å². The molecule has 1 fully saturated rings. The maximum Gasteiger partial charge on any atom is 0.276 e. The number of hydrogen-bond acceptors (Lipinski definition) is 4. The van der Waals surface area contributed by atoms with Gasteiger partial charge in [-0.1, -0.05) is 48.6 Å². The quantitative estimate of drug-likeness (QED) is 0.545. The van der Waals surface area contributed by atoms with Crippen LogP contribution in [0.4, 0.5) is 5.82 Å². The summed E-state index contributed by atoms with van der Waals surface area (Å²) >= 11 is 6.36. The molecule has 7 nitrogen and oxygen atoms in total. The van der Waals surface area contributed by atoms with E-state index in [9.17, 15) is 9.59 Å². The van der Waals surface area contributed by atoms with Crippen molar-refractivity contribution in [3.63, 3.8) is 0 Å². The molecule has 3 heterocycles. The molecule has 1 saturated heterocycles. The first-order valence-electron chi connectivity index (χ1n) is 11.6. The third-order valence-electron chi connectivity index (χ3n) is 6.39. The summed E-state index contributed by atoms with van der Waals surface area (Å²) in [5.74, 6) is 6.39. The normalized spacial score (nSPS) is 14.7. The summed E-state index contributed by atoms with van der Waals surface area (Å²) in [6.07, 6.45) is 4.79. The summed E-state index contributed by atoms with van der Waals surface area (Å²) in [4.78, 5) is 31.1. The number of rotatable bonds is 4. The maximum atomic E-state index is 13.2. The van der Waals surface area contributed by atoms with E-state index in [4.69, 9.17) is 11.6 Å². The van der Waals surface area contributed by atoms with Gasteiger partial charge in [-0.15, -0.1) is 0 Å². The number of pyridine rings is 1. The van der Waals surface area contributed by atoms with Gasteiger partial charge in [-0.05, 0) is 48.9 Å². The number of nitrogens with zero attached hydrogens (tertiary/aromatic N) is 4. The molecule has 2 amide bonds. The topological polar surface area (TPSA) is 80.1 Å². The van der Waals surface area contributed by atoms with Crippen LogP contribution in [-0.4, -0.2) is 44.6 Å². The molecule has 4 rings (SSSR count). The van der Waals surface area contributed by atoms with Crippen LogP contribution in [0.1, 0.15) is 53.9 Å². The van der Waals surface area contributed by atoms with Gasteiger partial charge in [-0.25, -0.2) is 4.98 Å². The van der Waals surface area contributed by atoms with Gasteiger partial charge in [0.1, 0.15) is 11.5 Å². The predicted molar refractivity (Wildman–Crippen MR) is 136 cm³/mol. The molecule has 1 aromatic carbocycles. The molecule has 0 radical (unpaired) electrons. The largest absolute Gasteiger partial charge is 0.343 e. The van der Waals surface area contributed by atoms with E-state index in [0.29, 0.717) is 31.1 Å². The second-order valence-corrected chi connectivity index (χ2v) is 9.68. The fraction of sp³-hybridized carbons (Fsp3) is 0.333. The Balaban J connectivity index is 1.47. The van der Waals surface area contributed by atoms with Crippen LogP contribution in [0.5, 0.6) is 0 Å². The average Bonchev–Trinajstić information content (AvgIpc) is 3.19. The number of hydrogen-bond donors (Lipinski definition) is 1. The fourth-order valence-corrected chi connectivity index (χ4v) is 4.42. The zero-order valence-corrected chi connectivity index (χ0v) is 20.9. The first-order valence-corrected chi connectivity index (χ1v) is 11.9. The highest BCUT2D eigenvalue weighted by atomic mass is 35.5.